The minimum atomic E-state index is -1.22. The van der Waals surface area contributed by atoms with E-state index in [0.717, 1.165) is 40.2 Å². The van der Waals surface area contributed by atoms with E-state index in [1.165, 1.54) is 25.0 Å². The SMILES string of the molecule is COC(=O)c1csc(NC(=O)[C@H](Cc2ccccc2)N2C(=O)NC(C3=COC=C(C4=CC=CCC4)O3)C2=O)n1. The quantitative estimate of drug-likeness (QED) is 0.378. The number of anilines is 1. The van der Waals surface area contributed by atoms with Gasteiger partial charge >= 0.3 is 12.0 Å². The van der Waals surface area contributed by atoms with Crippen LogP contribution in [0.3, 0.4) is 0 Å². The predicted molar refractivity (Wildman–Crippen MR) is 140 cm³/mol. The maximum Gasteiger partial charge on any atom is 0.357 e. The summed E-state index contributed by atoms with van der Waals surface area (Å²) in [6.07, 6.45) is 10.2. The van der Waals surface area contributed by atoms with Gasteiger partial charge in [0.1, 0.15) is 18.6 Å². The van der Waals surface area contributed by atoms with Crippen molar-refractivity contribution in [2.45, 2.75) is 31.3 Å². The van der Waals surface area contributed by atoms with Crippen molar-refractivity contribution in [3.05, 3.63) is 94.8 Å². The molecule has 2 N–H and O–H groups in total. The van der Waals surface area contributed by atoms with Gasteiger partial charge in [0, 0.05) is 11.8 Å². The zero-order valence-electron chi connectivity index (χ0n) is 20.8. The van der Waals surface area contributed by atoms with E-state index >= 15 is 0 Å². The number of imide groups is 1. The molecule has 1 aromatic heterocycles. The second-order valence-corrected chi connectivity index (χ2v) is 9.57. The molecule has 5 rings (SSSR count). The second-order valence-electron chi connectivity index (χ2n) is 8.71. The Bertz CT molecular complexity index is 1430. The molecule has 1 fully saturated rings. The van der Waals surface area contributed by atoms with Crippen molar-refractivity contribution >= 4 is 40.3 Å². The number of hydrogen-bond donors (Lipinski definition) is 2. The molecule has 0 saturated carbocycles. The molecule has 1 aliphatic carbocycles. The van der Waals surface area contributed by atoms with Crippen LogP contribution in [0, 0.1) is 0 Å². The highest BCUT2D eigenvalue weighted by molar-refractivity contribution is 7.14. The van der Waals surface area contributed by atoms with Crippen molar-refractivity contribution in [3.63, 3.8) is 0 Å². The Morgan fingerprint density at radius 3 is 2.82 bits per heavy atom. The normalized spacial score (nSPS) is 19.2. The van der Waals surface area contributed by atoms with E-state index in [9.17, 15) is 19.2 Å². The number of carbonyl (C=O) groups excluding carboxylic acids is 4. The van der Waals surface area contributed by atoms with E-state index < -0.39 is 35.9 Å². The third kappa shape index (κ3) is 5.60. The van der Waals surface area contributed by atoms with Crippen molar-refractivity contribution in [1.82, 2.24) is 15.2 Å². The number of nitrogens with zero attached hydrogens (tertiary/aromatic N) is 2. The lowest BCUT2D eigenvalue weighted by Gasteiger charge is -2.25. The summed E-state index contributed by atoms with van der Waals surface area (Å²) >= 11 is 1.02. The summed E-state index contributed by atoms with van der Waals surface area (Å²) in [5.74, 6) is -1.42. The Hall–Kier alpha value is -4.71. The number of allylic oxidation sites excluding steroid dienone is 4. The number of thiazole rings is 1. The van der Waals surface area contributed by atoms with E-state index in [2.05, 4.69) is 20.4 Å². The van der Waals surface area contributed by atoms with E-state index in [1.54, 1.807) is 24.3 Å². The Morgan fingerprint density at radius 2 is 2.08 bits per heavy atom. The van der Waals surface area contributed by atoms with Crippen molar-refractivity contribution < 1.29 is 33.4 Å². The minimum absolute atomic E-state index is 0.0290. The number of hydrogen-bond acceptors (Lipinski definition) is 9. The molecule has 2 aromatic rings. The smallest absolute Gasteiger partial charge is 0.357 e. The van der Waals surface area contributed by atoms with E-state index in [0.29, 0.717) is 5.76 Å². The second kappa shape index (κ2) is 11.4. The van der Waals surface area contributed by atoms with Gasteiger partial charge in [0.25, 0.3) is 5.91 Å². The Labute approximate surface area is 227 Å². The third-order valence-corrected chi connectivity index (χ3v) is 6.95. The zero-order chi connectivity index (χ0) is 27.4. The molecular formula is C27H24N4O7S. The van der Waals surface area contributed by atoms with Gasteiger partial charge in [0.2, 0.25) is 5.91 Å². The van der Waals surface area contributed by atoms with Crippen LogP contribution in [0.4, 0.5) is 9.93 Å². The number of carbonyl (C=O) groups is 4. The summed E-state index contributed by atoms with van der Waals surface area (Å²) in [5, 5.41) is 6.79. The standard InChI is InChI=1S/C27H24N4O7S/c1-36-25(34)18-15-39-26(28-18)30-23(32)19(12-16-8-4-2-5-9-16)31-24(33)22(29-27(31)35)21-14-37-13-20(38-21)17-10-6-3-7-11-17/h2-6,8-10,13-15,19,22H,7,11-12H2,1H3,(H,29,35)(H,28,30,32)/t19-,22?/m0/s1. The first kappa shape index (κ1) is 25.9. The largest absolute Gasteiger partial charge is 0.465 e. The molecule has 2 aliphatic heterocycles. The molecule has 39 heavy (non-hydrogen) atoms. The van der Waals surface area contributed by atoms with Crippen molar-refractivity contribution in [1.29, 1.82) is 0 Å². The van der Waals surface area contributed by atoms with Crippen LogP contribution in [-0.4, -0.2) is 52.9 Å². The Morgan fingerprint density at radius 1 is 1.26 bits per heavy atom. The molecule has 4 amide bonds. The number of ether oxygens (including phenoxy) is 3. The number of benzene rings is 1. The highest BCUT2D eigenvalue weighted by Gasteiger charge is 2.47. The number of amides is 4. The fourth-order valence-electron chi connectivity index (χ4n) is 4.25. The molecular weight excluding hydrogens is 524 g/mol. The lowest BCUT2D eigenvalue weighted by Crippen LogP contribution is -2.49. The lowest BCUT2D eigenvalue weighted by molar-refractivity contribution is -0.134. The molecule has 1 unspecified atom stereocenters. The topological polar surface area (TPSA) is 136 Å². The molecule has 2 atom stereocenters. The summed E-state index contributed by atoms with van der Waals surface area (Å²) in [6, 6.07) is 5.84. The average molecular weight is 549 g/mol. The van der Waals surface area contributed by atoms with Gasteiger partial charge < -0.3 is 24.8 Å². The van der Waals surface area contributed by atoms with Gasteiger partial charge in [-0.1, -0.05) is 48.6 Å². The molecule has 3 heterocycles. The predicted octanol–water partition coefficient (Wildman–Crippen LogP) is 3.41. The van der Waals surface area contributed by atoms with Gasteiger partial charge in [-0.25, -0.2) is 19.5 Å². The molecule has 12 heteroatoms. The molecule has 0 radical (unpaired) electrons. The molecule has 1 aromatic carbocycles. The van der Waals surface area contributed by atoms with Gasteiger partial charge in [0.05, 0.1) is 7.11 Å². The van der Waals surface area contributed by atoms with Gasteiger partial charge in [-0.05, 0) is 24.0 Å². The van der Waals surface area contributed by atoms with E-state index in [4.69, 9.17) is 9.47 Å². The third-order valence-electron chi connectivity index (χ3n) is 6.19. The van der Waals surface area contributed by atoms with E-state index in [-0.39, 0.29) is 23.0 Å². The number of methoxy groups -OCH3 is 1. The van der Waals surface area contributed by atoms with Crippen LogP contribution < -0.4 is 10.6 Å². The summed E-state index contributed by atoms with van der Waals surface area (Å²) in [6.45, 7) is 0. The zero-order valence-corrected chi connectivity index (χ0v) is 21.6. The van der Waals surface area contributed by atoms with Gasteiger partial charge in [0.15, 0.2) is 28.4 Å². The molecule has 0 spiro atoms. The number of nitrogens with one attached hydrogen (secondary N) is 2. The van der Waals surface area contributed by atoms with Crippen molar-refractivity contribution in [2.75, 3.05) is 12.4 Å². The fraction of sp³-hybridized carbons (Fsp3) is 0.222. The number of rotatable bonds is 8. The monoisotopic (exact) mass is 548 g/mol. The first-order valence-corrected chi connectivity index (χ1v) is 12.9. The number of aromatic nitrogens is 1. The van der Waals surface area contributed by atoms with Crippen LogP contribution in [0.15, 0.2) is 83.6 Å². The Balaban J connectivity index is 1.37. The maximum absolute atomic E-state index is 13.6. The molecule has 3 aliphatic rings. The first-order chi connectivity index (χ1) is 18.9. The Kier molecular flexibility index (Phi) is 7.55. The number of esters is 1. The van der Waals surface area contributed by atoms with E-state index in [1.807, 2.05) is 24.3 Å². The van der Waals surface area contributed by atoms with Crippen molar-refractivity contribution in [3.8, 4) is 0 Å². The van der Waals surface area contributed by atoms with Crippen LogP contribution in [0.5, 0.6) is 0 Å². The van der Waals surface area contributed by atoms with Crippen LogP contribution >= 0.6 is 11.3 Å². The fourth-order valence-corrected chi connectivity index (χ4v) is 4.94. The molecule has 11 nitrogen and oxygen atoms in total. The average Bonchev–Trinajstić information content (AvgIpc) is 3.56. The summed E-state index contributed by atoms with van der Waals surface area (Å²) < 4.78 is 16.0. The summed E-state index contributed by atoms with van der Waals surface area (Å²) in [5.41, 5.74) is 1.66. The number of urea groups is 1. The van der Waals surface area contributed by atoms with Crippen molar-refractivity contribution in [2.24, 2.45) is 0 Å². The highest BCUT2D eigenvalue weighted by atomic mass is 32.1. The van der Waals surface area contributed by atoms with Crippen LogP contribution in [0.2, 0.25) is 0 Å². The first-order valence-electron chi connectivity index (χ1n) is 12.1. The summed E-state index contributed by atoms with van der Waals surface area (Å²) in [4.78, 5) is 56.9. The molecule has 200 valence electrons. The van der Waals surface area contributed by atoms with Crippen LogP contribution in [0.1, 0.15) is 28.9 Å². The molecule has 0 bridgehead atoms. The maximum atomic E-state index is 13.6. The van der Waals surface area contributed by atoms with Gasteiger partial charge in [-0.2, -0.15) is 0 Å². The summed E-state index contributed by atoms with van der Waals surface area (Å²) in [7, 11) is 1.22. The highest BCUT2D eigenvalue weighted by Crippen LogP contribution is 2.30. The van der Waals surface area contributed by atoms with Crippen LogP contribution in [0.25, 0.3) is 0 Å². The lowest BCUT2D eigenvalue weighted by atomic mass is 10.0. The molecule has 1 saturated heterocycles. The van der Waals surface area contributed by atoms with Gasteiger partial charge in [-0.3, -0.25) is 9.59 Å². The van der Waals surface area contributed by atoms with Gasteiger partial charge in [-0.15, -0.1) is 11.3 Å². The minimum Gasteiger partial charge on any atom is -0.465 e. The van der Waals surface area contributed by atoms with Crippen LogP contribution in [-0.2, 0) is 30.2 Å².